The Balaban J connectivity index is 2.25. The fraction of sp³-hybridized carbons (Fsp3) is 0.556. The van der Waals surface area contributed by atoms with Crippen LogP contribution in [0.15, 0.2) is 9.68 Å². The summed E-state index contributed by atoms with van der Waals surface area (Å²) in [6.45, 7) is 1.87. The quantitative estimate of drug-likeness (QED) is 0.767. The van der Waals surface area contributed by atoms with Crippen LogP contribution >= 0.6 is 0 Å². The van der Waals surface area contributed by atoms with E-state index in [0.717, 1.165) is 0 Å². The van der Waals surface area contributed by atoms with Crippen molar-refractivity contribution < 1.29 is 19.3 Å². The SMILES string of the molecule is CON=C1C[C@@H](c2nc(C)no2)N(C(=O)O)C1. The topological polar surface area (TPSA) is 101 Å². The van der Waals surface area contributed by atoms with Gasteiger partial charge in [0, 0.05) is 6.42 Å². The van der Waals surface area contributed by atoms with Crippen LogP contribution in [0.2, 0.25) is 0 Å². The number of aromatic nitrogens is 2. The average Bonchev–Trinajstić information content (AvgIpc) is 2.84. The summed E-state index contributed by atoms with van der Waals surface area (Å²) in [5, 5.41) is 16.5. The highest BCUT2D eigenvalue weighted by atomic mass is 16.6. The molecule has 0 saturated carbocycles. The number of carboxylic acid groups (broad SMARTS) is 1. The molecule has 8 nitrogen and oxygen atoms in total. The molecule has 1 aliphatic heterocycles. The summed E-state index contributed by atoms with van der Waals surface area (Å²) in [5.74, 6) is 0.758. The molecule has 1 aromatic rings. The van der Waals surface area contributed by atoms with E-state index in [2.05, 4.69) is 20.1 Å². The van der Waals surface area contributed by atoms with Crippen molar-refractivity contribution in [3.05, 3.63) is 11.7 Å². The van der Waals surface area contributed by atoms with Gasteiger partial charge in [-0.1, -0.05) is 10.3 Å². The lowest BCUT2D eigenvalue weighted by Gasteiger charge is -2.16. The first-order valence-corrected chi connectivity index (χ1v) is 5.00. The number of likely N-dealkylation sites (tertiary alicyclic amines) is 1. The second-order valence-electron chi connectivity index (χ2n) is 3.65. The number of amides is 1. The Morgan fingerprint density at radius 1 is 1.71 bits per heavy atom. The third kappa shape index (κ3) is 2.19. The predicted octanol–water partition coefficient (Wildman–Crippen LogP) is 0.805. The Bertz CT molecular complexity index is 456. The average molecular weight is 240 g/mol. The molecule has 1 aromatic heterocycles. The highest BCUT2D eigenvalue weighted by molar-refractivity contribution is 5.91. The van der Waals surface area contributed by atoms with E-state index in [9.17, 15) is 4.79 Å². The number of aryl methyl sites for hydroxylation is 1. The summed E-state index contributed by atoms with van der Waals surface area (Å²) < 4.78 is 4.99. The molecule has 0 radical (unpaired) electrons. The second kappa shape index (κ2) is 4.40. The standard InChI is InChI=1S/C9H12N4O4/c1-5-10-8(17-11-5)7-3-6(12-16-2)4-13(7)9(14)15/h7H,3-4H2,1-2H3,(H,14,15)/t7-/m0/s1. The van der Waals surface area contributed by atoms with Crippen molar-refractivity contribution in [3.8, 4) is 0 Å². The lowest BCUT2D eigenvalue weighted by atomic mass is 10.2. The minimum absolute atomic E-state index is 0.190. The number of rotatable bonds is 2. The van der Waals surface area contributed by atoms with Crippen LogP contribution in [0.25, 0.3) is 0 Å². The maximum atomic E-state index is 11.1. The molecular weight excluding hydrogens is 228 g/mol. The molecule has 2 heterocycles. The Morgan fingerprint density at radius 2 is 2.47 bits per heavy atom. The summed E-state index contributed by atoms with van der Waals surface area (Å²) >= 11 is 0. The predicted molar refractivity (Wildman–Crippen MR) is 55.6 cm³/mol. The minimum Gasteiger partial charge on any atom is -0.465 e. The molecule has 1 saturated heterocycles. The largest absolute Gasteiger partial charge is 0.465 e. The fourth-order valence-corrected chi connectivity index (χ4v) is 1.77. The van der Waals surface area contributed by atoms with Crippen molar-refractivity contribution in [1.29, 1.82) is 0 Å². The Morgan fingerprint density at radius 3 is 3.00 bits per heavy atom. The van der Waals surface area contributed by atoms with Gasteiger partial charge in [0.15, 0.2) is 5.82 Å². The molecule has 1 aliphatic rings. The maximum absolute atomic E-state index is 11.1. The molecule has 92 valence electrons. The Kier molecular flexibility index (Phi) is 2.94. The molecule has 0 unspecified atom stereocenters. The molecule has 8 heteroatoms. The summed E-state index contributed by atoms with van der Waals surface area (Å²) in [6.07, 6.45) is -0.644. The van der Waals surface area contributed by atoms with E-state index in [-0.39, 0.29) is 12.4 Å². The van der Waals surface area contributed by atoms with Gasteiger partial charge < -0.3 is 14.5 Å². The minimum atomic E-state index is -1.05. The van der Waals surface area contributed by atoms with E-state index in [4.69, 9.17) is 9.63 Å². The maximum Gasteiger partial charge on any atom is 0.408 e. The first kappa shape index (κ1) is 11.4. The highest BCUT2D eigenvalue weighted by Crippen LogP contribution is 2.29. The molecule has 17 heavy (non-hydrogen) atoms. The number of nitrogens with zero attached hydrogens (tertiary/aromatic N) is 4. The van der Waals surface area contributed by atoms with Crippen molar-refractivity contribution in [2.75, 3.05) is 13.7 Å². The van der Waals surface area contributed by atoms with Crippen LogP contribution < -0.4 is 0 Å². The van der Waals surface area contributed by atoms with E-state index in [1.54, 1.807) is 6.92 Å². The fourth-order valence-electron chi connectivity index (χ4n) is 1.77. The molecule has 1 fully saturated rings. The lowest BCUT2D eigenvalue weighted by Crippen LogP contribution is -2.29. The smallest absolute Gasteiger partial charge is 0.408 e. The highest BCUT2D eigenvalue weighted by Gasteiger charge is 2.37. The summed E-state index contributed by atoms with van der Waals surface area (Å²) in [7, 11) is 1.42. The number of carbonyl (C=O) groups is 1. The van der Waals surface area contributed by atoms with Crippen LogP contribution in [0, 0.1) is 6.92 Å². The van der Waals surface area contributed by atoms with Crippen molar-refractivity contribution in [2.45, 2.75) is 19.4 Å². The Labute approximate surface area is 96.8 Å². The number of oxime groups is 1. The van der Waals surface area contributed by atoms with Crippen LogP contribution in [0.5, 0.6) is 0 Å². The molecule has 0 aliphatic carbocycles. The molecule has 1 atom stereocenters. The summed E-state index contributed by atoms with van der Waals surface area (Å²) in [5.41, 5.74) is 0.635. The molecule has 0 spiro atoms. The van der Waals surface area contributed by atoms with Crippen molar-refractivity contribution >= 4 is 11.8 Å². The van der Waals surface area contributed by atoms with Crippen LogP contribution in [0.1, 0.15) is 24.2 Å². The zero-order valence-corrected chi connectivity index (χ0v) is 9.45. The normalized spacial score (nSPS) is 22.1. The molecule has 1 N–H and O–H groups in total. The molecule has 1 amide bonds. The third-order valence-corrected chi connectivity index (χ3v) is 2.45. The van der Waals surface area contributed by atoms with Gasteiger partial charge >= 0.3 is 6.09 Å². The van der Waals surface area contributed by atoms with E-state index in [0.29, 0.717) is 18.0 Å². The van der Waals surface area contributed by atoms with Gasteiger partial charge in [-0.3, -0.25) is 4.90 Å². The summed E-state index contributed by atoms with van der Waals surface area (Å²) in [6, 6.07) is -0.484. The van der Waals surface area contributed by atoms with Crippen LogP contribution in [-0.2, 0) is 4.84 Å². The van der Waals surface area contributed by atoms with Gasteiger partial charge in [-0.05, 0) is 6.92 Å². The zero-order chi connectivity index (χ0) is 12.4. The lowest BCUT2D eigenvalue weighted by molar-refractivity contribution is 0.132. The van der Waals surface area contributed by atoms with Crippen LogP contribution in [0.4, 0.5) is 4.79 Å². The number of hydrogen-bond donors (Lipinski definition) is 1. The van der Waals surface area contributed by atoms with Crippen molar-refractivity contribution in [1.82, 2.24) is 15.0 Å². The first-order chi connectivity index (χ1) is 8.11. The van der Waals surface area contributed by atoms with E-state index in [1.165, 1.54) is 12.0 Å². The van der Waals surface area contributed by atoms with Gasteiger partial charge in [0.25, 0.3) is 0 Å². The molecule has 2 rings (SSSR count). The monoisotopic (exact) mass is 240 g/mol. The first-order valence-electron chi connectivity index (χ1n) is 5.00. The molecule has 0 bridgehead atoms. The van der Waals surface area contributed by atoms with Crippen molar-refractivity contribution in [3.63, 3.8) is 0 Å². The van der Waals surface area contributed by atoms with Gasteiger partial charge in [-0.25, -0.2) is 4.79 Å². The number of hydrogen-bond acceptors (Lipinski definition) is 6. The van der Waals surface area contributed by atoms with E-state index < -0.39 is 12.1 Å². The van der Waals surface area contributed by atoms with Crippen LogP contribution in [0.3, 0.4) is 0 Å². The Hall–Kier alpha value is -2.12. The third-order valence-electron chi connectivity index (χ3n) is 2.45. The molecular formula is C9H12N4O4. The second-order valence-corrected chi connectivity index (χ2v) is 3.65. The zero-order valence-electron chi connectivity index (χ0n) is 9.45. The summed E-state index contributed by atoms with van der Waals surface area (Å²) in [4.78, 5) is 21.0. The van der Waals surface area contributed by atoms with E-state index in [1.807, 2.05) is 0 Å². The van der Waals surface area contributed by atoms with Gasteiger partial charge in [-0.15, -0.1) is 0 Å². The van der Waals surface area contributed by atoms with Gasteiger partial charge in [-0.2, -0.15) is 4.98 Å². The van der Waals surface area contributed by atoms with Gasteiger partial charge in [0.2, 0.25) is 5.89 Å². The van der Waals surface area contributed by atoms with Crippen molar-refractivity contribution in [2.24, 2.45) is 5.16 Å². The molecule has 0 aromatic carbocycles. The van der Waals surface area contributed by atoms with E-state index >= 15 is 0 Å². The van der Waals surface area contributed by atoms with Gasteiger partial charge in [0.05, 0.1) is 12.3 Å². The van der Waals surface area contributed by atoms with Gasteiger partial charge in [0.1, 0.15) is 13.2 Å². The van der Waals surface area contributed by atoms with Crippen LogP contribution in [-0.4, -0.2) is 45.6 Å².